The van der Waals surface area contributed by atoms with Crippen molar-refractivity contribution < 1.29 is 23.9 Å². The third kappa shape index (κ3) is 6.60. The van der Waals surface area contributed by atoms with Crippen molar-refractivity contribution in [3.63, 3.8) is 0 Å². The number of amides is 5. The summed E-state index contributed by atoms with van der Waals surface area (Å²) in [6, 6.07) is 5.17. The summed E-state index contributed by atoms with van der Waals surface area (Å²) in [6.07, 6.45) is 7.75. The average Bonchev–Trinajstić information content (AvgIpc) is 3.41. The lowest BCUT2D eigenvalue weighted by Gasteiger charge is -2.39. The number of hydrogen-bond acceptors (Lipinski definition) is 6. The molecule has 0 unspecified atom stereocenters. The maximum absolute atomic E-state index is 14.1. The molecule has 224 valence electrons. The van der Waals surface area contributed by atoms with Crippen LogP contribution in [-0.4, -0.2) is 90.5 Å². The molecule has 5 rings (SSSR count). The van der Waals surface area contributed by atoms with Gasteiger partial charge in [0.1, 0.15) is 17.8 Å². The molecule has 2 saturated heterocycles. The molecule has 3 heterocycles. The number of fused-ring (bicyclic) bond motifs is 2. The summed E-state index contributed by atoms with van der Waals surface area (Å²) in [6.45, 7) is 2.73. The lowest BCUT2D eigenvalue weighted by atomic mass is 9.96. The van der Waals surface area contributed by atoms with Gasteiger partial charge < -0.3 is 35.8 Å². The second kappa shape index (κ2) is 13.1. The van der Waals surface area contributed by atoms with E-state index in [2.05, 4.69) is 21.3 Å². The van der Waals surface area contributed by atoms with E-state index in [1.807, 2.05) is 24.3 Å². The number of para-hydroxylation sites is 1. The van der Waals surface area contributed by atoms with Crippen LogP contribution in [0, 0.1) is 0 Å². The van der Waals surface area contributed by atoms with Crippen LogP contribution in [0.1, 0.15) is 76.3 Å². The Balaban J connectivity index is 1.33. The molecule has 0 spiro atoms. The Labute approximate surface area is 242 Å². The van der Waals surface area contributed by atoms with E-state index < -0.39 is 18.1 Å². The summed E-state index contributed by atoms with van der Waals surface area (Å²) in [5, 5.41) is 12.1. The molecule has 1 aromatic rings. The third-order valence-electron chi connectivity index (χ3n) is 9.13. The maximum Gasteiger partial charge on any atom is 0.317 e. The normalized spacial score (nSPS) is 27.4. The number of nitrogens with zero attached hydrogens (tertiary/aromatic N) is 2. The van der Waals surface area contributed by atoms with Gasteiger partial charge in [0.15, 0.2) is 0 Å². The van der Waals surface area contributed by atoms with E-state index in [1.54, 1.807) is 23.8 Å². The fourth-order valence-electron chi connectivity index (χ4n) is 6.62. The van der Waals surface area contributed by atoms with Gasteiger partial charge in [0.2, 0.25) is 17.7 Å². The molecule has 0 aromatic heterocycles. The summed E-state index contributed by atoms with van der Waals surface area (Å²) in [5.74, 6) is -0.0612. The van der Waals surface area contributed by atoms with Crippen LogP contribution in [0.15, 0.2) is 24.3 Å². The summed E-state index contributed by atoms with van der Waals surface area (Å²) >= 11 is 0. The van der Waals surface area contributed by atoms with Gasteiger partial charge in [0.05, 0.1) is 25.2 Å². The van der Waals surface area contributed by atoms with E-state index in [4.69, 9.17) is 4.74 Å². The Morgan fingerprint density at radius 1 is 0.927 bits per heavy atom. The van der Waals surface area contributed by atoms with E-state index in [-0.39, 0.29) is 48.4 Å². The number of likely N-dealkylation sites (N-methyl/N-ethyl adjacent to an activating group) is 1. The fraction of sp³-hybridized carbons (Fsp3) is 0.667. The molecule has 4 aliphatic rings. The van der Waals surface area contributed by atoms with Gasteiger partial charge in [-0.1, -0.05) is 37.5 Å². The van der Waals surface area contributed by atoms with Crippen LogP contribution in [0.2, 0.25) is 0 Å². The van der Waals surface area contributed by atoms with Gasteiger partial charge >= 0.3 is 6.03 Å². The van der Waals surface area contributed by atoms with Gasteiger partial charge in [0.25, 0.3) is 0 Å². The lowest BCUT2D eigenvalue weighted by Crippen LogP contribution is -2.63. The largest absolute Gasteiger partial charge is 0.493 e. The zero-order chi connectivity index (χ0) is 28.9. The first-order valence-electron chi connectivity index (χ1n) is 15.2. The highest BCUT2D eigenvalue weighted by Crippen LogP contribution is 2.34. The Morgan fingerprint density at radius 2 is 1.71 bits per heavy atom. The number of rotatable bonds is 6. The summed E-state index contributed by atoms with van der Waals surface area (Å²) in [5.41, 5.74) is 0.937. The zero-order valence-electron chi connectivity index (χ0n) is 24.2. The van der Waals surface area contributed by atoms with Crippen LogP contribution in [0.25, 0.3) is 0 Å². The highest BCUT2D eigenvalue weighted by Gasteiger charge is 2.46. The SMILES string of the molecule is CN[C@@H](C)C(=O)N[C@H]1CN(C(=O)NC2CCCCC2)CC[C@H]2CC[C@@H](C(=O)N[C@@H]3CCOc4ccccc43)N2C1=O. The summed E-state index contributed by atoms with van der Waals surface area (Å²) in [4.78, 5) is 57.4. The van der Waals surface area contributed by atoms with Crippen molar-refractivity contribution in [3.8, 4) is 5.75 Å². The van der Waals surface area contributed by atoms with Crippen molar-refractivity contribution in [3.05, 3.63) is 29.8 Å². The van der Waals surface area contributed by atoms with Crippen molar-refractivity contribution in [1.82, 2.24) is 31.1 Å². The molecule has 1 aromatic carbocycles. The number of carbonyl (C=O) groups is 4. The van der Waals surface area contributed by atoms with Crippen molar-refractivity contribution in [2.75, 3.05) is 26.7 Å². The molecule has 3 aliphatic heterocycles. The quantitative estimate of drug-likeness (QED) is 0.414. The van der Waals surface area contributed by atoms with Gasteiger partial charge in [-0.2, -0.15) is 0 Å². The van der Waals surface area contributed by atoms with E-state index in [1.165, 1.54) is 6.42 Å². The molecule has 5 amide bonds. The summed E-state index contributed by atoms with van der Waals surface area (Å²) < 4.78 is 5.75. The van der Waals surface area contributed by atoms with Crippen LogP contribution >= 0.6 is 0 Å². The molecule has 0 bridgehead atoms. The first kappa shape index (κ1) is 29.2. The minimum atomic E-state index is -0.949. The zero-order valence-corrected chi connectivity index (χ0v) is 24.2. The van der Waals surface area contributed by atoms with Crippen LogP contribution < -0.4 is 26.0 Å². The molecule has 11 heteroatoms. The van der Waals surface area contributed by atoms with E-state index in [0.717, 1.165) is 37.0 Å². The van der Waals surface area contributed by atoms with Crippen LogP contribution in [0.3, 0.4) is 0 Å². The number of ether oxygens (including phenoxy) is 1. The van der Waals surface area contributed by atoms with Gasteiger partial charge in [-0.05, 0) is 52.1 Å². The number of carbonyl (C=O) groups excluding carboxylic acids is 4. The number of urea groups is 1. The Hall–Kier alpha value is -3.34. The third-order valence-corrected chi connectivity index (χ3v) is 9.13. The van der Waals surface area contributed by atoms with Gasteiger partial charge in [0, 0.05) is 30.6 Å². The first-order chi connectivity index (χ1) is 19.9. The minimum absolute atomic E-state index is 0.0600. The van der Waals surface area contributed by atoms with Crippen LogP contribution in [-0.2, 0) is 14.4 Å². The molecule has 41 heavy (non-hydrogen) atoms. The lowest BCUT2D eigenvalue weighted by molar-refractivity contribution is -0.145. The molecule has 3 fully saturated rings. The molecule has 5 atom stereocenters. The van der Waals surface area contributed by atoms with Crippen LogP contribution in [0.5, 0.6) is 5.75 Å². The molecule has 1 saturated carbocycles. The van der Waals surface area contributed by atoms with Crippen molar-refractivity contribution in [2.45, 2.75) is 101 Å². The molecule has 1 aliphatic carbocycles. The van der Waals surface area contributed by atoms with Crippen molar-refractivity contribution >= 4 is 23.8 Å². The second-order valence-corrected chi connectivity index (χ2v) is 11.8. The first-order valence-corrected chi connectivity index (χ1v) is 15.2. The smallest absolute Gasteiger partial charge is 0.317 e. The average molecular weight is 569 g/mol. The Bertz CT molecular complexity index is 1120. The predicted octanol–water partition coefficient (Wildman–Crippen LogP) is 1.83. The molecule has 0 radical (unpaired) electrons. The Morgan fingerprint density at radius 3 is 2.49 bits per heavy atom. The van der Waals surface area contributed by atoms with Crippen molar-refractivity contribution in [1.29, 1.82) is 0 Å². The summed E-state index contributed by atoms with van der Waals surface area (Å²) in [7, 11) is 1.68. The molecule has 4 N–H and O–H groups in total. The van der Waals surface area contributed by atoms with E-state index >= 15 is 0 Å². The molecular weight excluding hydrogens is 524 g/mol. The second-order valence-electron chi connectivity index (χ2n) is 11.8. The fourth-order valence-corrected chi connectivity index (χ4v) is 6.62. The van der Waals surface area contributed by atoms with Gasteiger partial charge in [-0.3, -0.25) is 14.4 Å². The highest BCUT2D eigenvalue weighted by atomic mass is 16.5. The van der Waals surface area contributed by atoms with Crippen molar-refractivity contribution in [2.24, 2.45) is 0 Å². The monoisotopic (exact) mass is 568 g/mol. The minimum Gasteiger partial charge on any atom is -0.493 e. The number of benzene rings is 1. The standard InChI is InChI=1S/C30H44N6O5/c1-19(31-2)27(37)34-24-18-35(30(40)32-20-8-4-3-5-9-20)16-14-21-12-13-25(36(21)29(24)39)28(38)33-23-15-17-41-26-11-7-6-10-22(23)26/h6-7,10-11,19-21,23-25,31H,3-5,8-9,12-18H2,1-2H3,(H,32,40)(H,33,38)(H,34,37)/t19-,21+,23+,24-,25-/m0/s1. The van der Waals surface area contributed by atoms with Gasteiger partial charge in [-0.25, -0.2) is 4.79 Å². The Kier molecular flexibility index (Phi) is 9.32. The van der Waals surface area contributed by atoms with E-state index in [9.17, 15) is 19.2 Å². The number of nitrogens with one attached hydrogen (secondary N) is 4. The molecular formula is C30H44N6O5. The topological polar surface area (TPSA) is 132 Å². The molecule has 11 nitrogen and oxygen atoms in total. The predicted molar refractivity (Wildman–Crippen MR) is 153 cm³/mol. The highest BCUT2D eigenvalue weighted by molar-refractivity contribution is 5.94. The maximum atomic E-state index is 14.1. The van der Waals surface area contributed by atoms with Gasteiger partial charge in [-0.15, -0.1) is 0 Å². The van der Waals surface area contributed by atoms with Crippen LogP contribution in [0.4, 0.5) is 4.79 Å². The number of hydrogen-bond donors (Lipinski definition) is 4. The van der Waals surface area contributed by atoms with E-state index in [0.29, 0.717) is 38.8 Å².